The Kier molecular flexibility index (Phi) is 5.79. The number of nitrogens with zero attached hydrogens (tertiary/aromatic N) is 2. The maximum absolute atomic E-state index is 12.5. The van der Waals surface area contributed by atoms with Crippen molar-refractivity contribution in [1.82, 2.24) is 15.1 Å². The third-order valence-corrected chi connectivity index (χ3v) is 5.00. The van der Waals surface area contributed by atoms with E-state index in [9.17, 15) is 9.90 Å². The zero-order chi connectivity index (χ0) is 18.6. The Morgan fingerprint density at radius 2 is 2.00 bits per heavy atom. The summed E-state index contributed by atoms with van der Waals surface area (Å²) in [4.78, 5) is 16.2. The van der Waals surface area contributed by atoms with Crippen LogP contribution in [-0.2, 0) is 6.42 Å². The number of amides is 2. The Balaban J connectivity index is 1.55. The van der Waals surface area contributed by atoms with Gasteiger partial charge in [-0.1, -0.05) is 42.5 Å². The fraction of sp³-hybridized carbons (Fsp3) is 0.476. The average Bonchev–Trinajstić information content (AvgIpc) is 2.60. The fourth-order valence-corrected chi connectivity index (χ4v) is 3.93. The van der Waals surface area contributed by atoms with Gasteiger partial charge in [-0.05, 0) is 49.7 Å². The summed E-state index contributed by atoms with van der Waals surface area (Å²) in [6, 6.07) is 14.5. The largest absolute Gasteiger partial charge is 0.387 e. The standard InChI is InChI=1S/C21H29N3O2/c1-23(2)15-21(26)12-6-14-24(16-21)20(25)22-13-11-18-9-5-8-17-7-3-4-10-19(17)18/h3-5,7-10,26H,6,11-16H2,1-2H3,(H,22,25). The van der Waals surface area contributed by atoms with Crippen LogP contribution in [0.1, 0.15) is 18.4 Å². The second kappa shape index (κ2) is 8.06. The molecule has 2 N–H and O–H groups in total. The topological polar surface area (TPSA) is 55.8 Å². The number of piperidine rings is 1. The molecule has 26 heavy (non-hydrogen) atoms. The van der Waals surface area contributed by atoms with Crippen molar-refractivity contribution in [1.29, 1.82) is 0 Å². The molecule has 0 saturated carbocycles. The molecule has 2 aromatic carbocycles. The summed E-state index contributed by atoms with van der Waals surface area (Å²) in [6.07, 6.45) is 2.37. The number of rotatable bonds is 5. The number of carbonyl (C=O) groups excluding carboxylic acids is 1. The maximum Gasteiger partial charge on any atom is 0.317 e. The van der Waals surface area contributed by atoms with E-state index in [4.69, 9.17) is 0 Å². The maximum atomic E-state index is 12.5. The summed E-state index contributed by atoms with van der Waals surface area (Å²) in [5, 5.41) is 16.2. The Bertz CT molecular complexity index is 757. The molecule has 0 aliphatic carbocycles. The van der Waals surface area contributed by atoms with Crippen LogP contribution in [0.4, 0.5) is 4.79 Å². The second-order valence-electron chi connectivity index (χ2n) is 7.61. The van der Waals surface area contributed by atoms with Gasteiger partial charge in [-0.3, -0.25) is 0 Å². The minimum absolute atomic E-state index is 0.0814. The van der Waals surface area contributed by atoms with Gasteiger partial charge >= 0.3 is 6.03 Å². The molecule has 0 bridgehead atoms. The first-order valence-electron chi connectivity index (χ1n) is 9.33. The number of hydrogen-bond donors (Lipinski definition) is 2. The van der Waals surface area contributed by atoms with Gasteiger partial charge in [0.05, 0.1) is 12.1 Å². The van der Waals surface area contributed by atoms with Gasteiger partial charge in [-0.2, -0.15) is 0 Å². The first-order valence-corrected chi connectivity index (χ1v) is 9.33. The summed E-state index contributed by atoms with van der Waals surface area (Å²) in [7, 11) is 3.89. The summed E-state index contributed by atoms with van der Waals surface area (Å²) < 4.78 is 0. The van der Waals surface area contributed by atoms with Gasteiger partial charge in [0.1, 0.15) is 0 Å². The highest BCUT2D eigenvalue weighted by Crippen LogP contribution is 2.22. The van der Waals surface area contributed by atoms with E-state index in [1.165, 1.54) is 16.3 Å². The van der Waals surface area contributed by atoms with Crippen LogP contribution in [0.3, 0.4) is 0 Å². The van der Waals surface area contributed by atoms with E-state index in [0.717, 1.165) is 19.3 Å². The number of nitrogens with one attached hydrogen (secondary N) is 1. The Morgan fingerprint density at radius 1 is 1.23 bits per heavy atom. The zero-order valence-corrected chi connectivity index (χ0v) is 15.7. The number of likely N-dealkylation sites (N-methyl/N-ethyl adjacent to an activating group) is 1. The molecule has 3 rings (SSSR count). The van der Waals surface area contributed by atoms with Crippen LogP contribution in [0.2, 0.25) is 0 Å². The van der Waals surface area contributed by atoms with Crippen LogP contribution in [0, 0.1) is 0 Å². The Labute approximate surface area is 155 Å². The van der Waals surface area contributed by atoms with Gasteiger partial charge in [-0.25, -0.2) is 4.79 Å². The minimum Gasteiger partial charge on any atom is -0.387 e. The lowest BCUT2D eigenvalue weighted by molar-refractivity contribution is -0.0346. The first-order chi connectivity index (χ1) is 12.5. The highest BCUT2D eigenvalue weighted by Gasteiger charge is 2.35. The second-order valence-corrected chi connectivity index (χ2v) is 7.61. The molecule has 2 amide bonds. The van der Waals surface area contributed by atoms with Crippen molar-refractivity contribution in [2.24, 2.45) is 0 Å². The molecule has 2 aromatic rings. The number of fused-ring (bicyclic) bond motifs is 1. The van der Waals surface area contributed by atoms with Crippen molar-refractivity contribution >= 4 is 16.8 Å². The average molecular weight is 355 g/mol. The molecule has 0 spiro atoms. The van der Waals surface area contributed by atoms with E-state index in [0.29, 0.717) is 26.2 Å². The van der Waals surface area contributed by atoms with Crippen molar-refractivity contribution in [2.75, 3.05) is 40.3 Å². The third kappa shape index (κ3) is 4.54. The zero-order valence-electron chi connectivity index (χ0n) is 15.7. The minimum atomic E-state index is -0.811. The van der Waals surface area contributed by atoms with Crippen LogP contribution in [0.15, 0.2) is 42.5 Å². The Hall–Kier alpha value is -2.11. The normalized spacial score (nSPS) is 20.5. The molecule has 1 aliphatic rings. The van der Waals surface area contributed by atoms with Crippen LogP contribution in [0.25, 0.3) is 10.8 Å². The summed E-state index contributed by atoms with van der Waals surface area (Å²) in [5.41, 5.74) is 0.431. The molecule has 1 atom stereocenters. The predicted molar refractivity (Wildman–Crippen MR) is 105 cm³/mol. The number of aliphatic hydroxyl groups is 1. The van der Waals surface area contributed by atoms with E-state index in [2.05, 4.69) is 35.6 Å². The lowest BCUT2D eigenvalue weighted by atomic mass is 9.92. The lowest BCUT2D eigenvalue weighted by Gasteiger charge is -2.40. The summed E-state index contributed by atoms with van der Waals surface area (Å²) in [6.45, 7) is 2.27. The van der Waals surface area contributed by atoms with E-state index >= 15 is 0 Å². The molecule has 5 nitrogen and oxygen atoms in total. The van der Waals surface area contributed by atoms with Gasteiger partial charge in [0.2, 0.25) is 0 Å². The van der Waals surface area contributed by atoms with Crippen LogP contribution < -0.4 is 5.32 Å². The number of likely N-dealkylation sites (tertiary alicyclic amines) is 1. The Morgan fingerprint density at radius 3 is 2.81 bits per heavy atom. The van der Waals surface area contributed by atoms with Gasteiger partial charge in [0, 0.05) is 19.6 Å². The van der Waals surface area contributed by atoms with Gasteiger partial charge in [0.25, 0.3) is 0 Å². The SMILES string of the molecule is CN(C)CC1(O)CCCN(C(=O)NCCc2cccc3ccccc23)C1. The molecule has 0 aromatic heterocycles. The van der Waals surface area contributed by atoms with E-state index in [1.54, 1.807) is 4.90 Å². The molecule has 1 fully saturated rings. The van der Waals surface area contributed by atoms with Gasteiger partial charge in [0.15, 0.2) is 0 Å². The van der Waals surface area contributed by atoms with E-state index in [1.807, 2.05) is 31.1 Å². The molecule has 5 heteroatoms. The summed E-state index contributed by atoms with van der Waals surface area (Å²) in [5.74, 6) is 0. The van der Waals surface area contributed by atoms with Crippen molar-refractivity contribution in [3.8, 4) is 0 Å². The number of hydrogen-bond acceptors (Lipinski definition) is 3. The number of carbonyl (C=O) groups is 1. The van der Waals surface area contributed by atoms with Crippen molar-refractivity contribution in [3.05, 3.63) is 48.0 Å². The predicted octanol–water partition coefficient (Wildman–Crippen LogP) is 2.48. The van der Waals surface area contributed by atoms with Crippen LogP contribution in [-0.4, -0.2) is 66.8 Å². The number of β-amino-alcohol motifs (C(OH)–C–C–N with tert-alkyl or cyclic N) is 1. The van der Waals surface area contributed by atoms with E-state index in [-0.39, 0.29) is 6.03 Å². The number of urea groups is 1. The molecule has 1 saturated heterocycles. The highest BCUT2D eigenvalue weighted by molar-refractivity contribution is 5.85. The van der Waals surface area contributed by atoms with Gasteiger partial charge < -0.3 is 20.2 Å². The molecule has 140 valence electrons. The molecule has 0 radical (unpaired) electrons. The van der Waals surface area contributed by atoms with Crippen LogP contribution >= 0.6 is 0 Å². The quantitative estimate of drug-likeness (QED) is 0.866. The number of benzene rings is 2. The third-order valence-electron chi connectivity index (χ3n) is 5.00. The van der Waals surface area contributed by atoms with Gasteiger partial charge in [-0.15, -0.1) is 0 Å². The van der Waals surface area contributed by atoms with Crippen molar-refractivity contribution in [2.45, 2.75) is 24.9 Å². The van der Waals surface area contributed by atoms with E-state index < -0.39 is 5.60 Å². The lowest BCUT2D eigenvalue weighted by Crippen LogP contribution is -2.56. The first kappa shape index (κ1) is 18.7. The highest BCUT2D eigenvalue weighted by atomic mass is 16.3. The molecule has 1 heterocycles. The monoisotopic (exact) mass is 355 g/mol. The van der Waals surface area contributed by atoms with Crippen LogP contribution in [0.5, 0.6) is 0 Å². The molecular formula is C21H29N3O2. The van der Waals surface area contributed by atoms with Crippen molar-refractivity contribution in [3.63, 3.8) is 0 Å². The molecule has 1 aliphatic heterocycles. The smallest absolute Gasteiger partial charge is 0.317 e. The molecular weight excluding hydrogens is 326 g/mol. The van der Waals surface area contributed by atoms with Crippen molar-refractivity contribution < 1.29 is 9.90 Å². The fourth-order valence-electron chi connectivity index (χ4n) is 3.93. The molecule has 1 unspecified atom stereocenters. The summed E-state index contributed by atoms with van der Waals surface area (Å²) >= 11 is 0.